The van der Waals surface area contributed by atoms with Crippen LogP contribution in [0.1, 0.15) is 27.0 Å². The number of allylic oxidation sites excluding steroid dienone is 1. The third-order valence-electron chi connectivity index (χ3n) is 5.18. The number of fused-ring (bicyclic) bond motifs is 1. The zero-order chi connectivity index (χ0) is 22.8. The molecule has 0 unspecified atom stereocenters. The molecule has 0 saturated carbocycles. The van der Waals surface area contributed by atoms with Gasteiger partial charge in [-0.1, -0.05) is 23.7 Å². The van der Waals surface area contributed by atoms with Crippen molar-refractivity contribution in [2.24, 2.45) is 0 Å². The van der Waals surface area contributed by atoms with Crippen LogP contribution in [0.25, 0.3) is 6.08 Å². The van der Waals surface area contributed by atoms with Crippen LogP contribution in [0.15, 0.2) is 54.3 Å². The summed E-state index contributed by atoms with van der Waals surface area (Å²) in [4.78, 5) is 12.9. The first-order valence-electron chi connectivity index (χ1n) is 9.78. The Hall–Kier alpha value is -3.51. The zero-order valence-electron chi connectivity index (χ0n) is 17.7. The molecule has 32 heavy (non-hydrogen) atoms. The number of ketones is 1. The minimum Gasteiger partial charge on any atom is -0.493 e. The van der Waals surface area contributed by atoms with Gasteiger partial charge in [-0.15, -0.1) is 0 Å². The number of methoxy groups -OCH3 is 2. The quantitative estimate of drug-likeness (QED) is 0.427. The topological polar surface area (TPSA) is 54.0 Å². The Balaban J connectivity index is 1.59. The van der Waals surface area contributed by atoms with E-state index in [1.807, 2.05) is 0 Å². The number of carbonyl (C=O) groups excluding carboxylic acids is 1. The van der Waals surface area contributed by atoms with Gasteiger partial charge in [-0.05, 0) is 55.0 Å². The second kappa shape index (κ2) is 8.93. The summed E-state index contributed by atoms with van der Waals surface area (Å²) in [6.45, 7) is 1.73. The predicted molar refractivity (Wildman–Crippen MR) is 119 cm³/mol. The molecule has 1 aliphatic heterocycles. The van der Waals surface area contributed by atoms with Gasteiger partial charge in [0.05, 0.1) is 24.8 Å². The molecule has 3 aromatic carbocycles. The molecule has 0 radical (unpaired) electrons. The molecule has 7 heteroatoms. The molecule has 1 aliphatic rings. The van der Waals surface area contributed by atoms with E-state index in [4.69, 9.17) is 30.5 Å². The van der Waals surface area contributed by atoms with Crippen molar-refractivity contribution >= 4 is 23.5 Å². The smallest absolute Gasteiger partial charge is 0.231 e. The maximum Gasteiger partial charge on any atom is 0.231 e. The van der Waals surface area contributed by atoms with E-state index < -0.39 is 5.82 Å². The first-order valence-corrected chi connectivity index (χ1v) is 10.2. The number of benzene rings is 3. The Morgan fingerprint density at radius 1 is 1.03 bits per heavy atom. The third-order valence-corrected chi connectivity index (χ3v) is 5.53. The summed E-state index contributed by atoms with van der Waals surface area (Å²) in [5, 5.41) is 0.287. The number of hydrogen-bond acceptors (Lipinski definition) is 5. The van der Waals surface area contributed by atoms with Crippen molar-refractivity contribution in [2.45, 2.75) is 13.5 Å². The van der Waals surface area contributed by atoms with Crippen LogP contribution in [0.3, 0.4) is 0 Å². The molecule has 0 aromatic heterocycles. The lowest BCUT2D eigenvalue weighted by Gasteiger charge is -2.12. The average molecular weight is 455 g/mol. The Morgan fingerprint density at radius 3 is 2.50 bits per heavy atom. The van der Waals surface area contributed by atoms with E-state index in [2.05, 4.69) is 0 Å². The Kier molecular flexibility index (Phi) is 6.06. The van der Waals surface area contributed by atoms with Crippen LogP contribution in [-0.2, 0) is 6.61 Å². The van der Waals surface area contributed by atoms with Crippen LogP contribution >= 0.6 is 11.6 Å². The van der Waals surface area contributed by atoms with Crippen LogP contribution in [0.2, 0.25) is 5.02 Å². The van der Waals surface area contributed by atoms with Crippen LogP contribution in [0.5, 0.6) is 23.0 Å². The van der Waals surface area contributed by atoms with Crippen LogP contribution < -0.4 is 18.9 Å². The lowest BCUT2D eigenvalue weighted by Crippen LogP contribution is -2.01. The molecule has 0 fully saturated rings. The van der Waals surface area contributed by atoms with Crippen LogP contribution in [0, 0.1) is 12.7 Å². The van der Waals surface area contributed by atoms with Gasteiger partial charge in [-0.25, -0.2) is 4.39 Å². The van der Waals surface area contributed by atoms with Crippen molar-refractivity contribution < 1.29 is 28.1 Å². The van der Waals surface area contributed by atoms with Crippen molar-refractivity contribution in [3.63, 3.8) is 0 Å². The molecular weight excluding hydrogens is 435 g/mol. The molecular formula is C25H20ClFO5. The van der Waals surface area contributed by atoms with E-state index >= 15 is 0 Å². The molecule has 0 N–H and O–H groups in total. The van der Waals surface area contributed by atoms with Gasteiger partial charge in [0, 0.05) is 11.1 Å². The van der Waals surface area contributed by atoms with Crippen molar-refractivity contribution in [1.82, 2.24) is 0 Å². The third kappa shape index (κ3) is 4.01. The highest BCUT2D eigenvalue weighted by atomic mass is 35.5. The number of Topliss-reactive ketones (excluding diaryl/α,β-unsaturated/α-hetero) is 1. The molecule has 0 aliphatic carbocycles. The highest BCUT2D eigenvalue weighted by molar-refractivity contribution is 6.31. The molecule has 0 atom stereocenters. The van der Waals surface area contributed by atoms with Gasteiger partial charge < -0.3 is 18.9 Å². The van der Waals surface area contributed by atoms with Gasteiger partial charge in [0.1, 0.15) is 23.9 Å². The SMILES string of the molecule is COc1ccc(/C=C2\Oc3c(ccc(OCc4c(F)cccc4Cl)c3C)C2=O)cc1OC. The lowest BCUT2D eigenvalue weighted by atomic mass is 10.1. The fourth-order valence-corrected chi connectivity index (χ4v) is 3.66. The number of ether oxygens (including phenoxy) is 4. The molecule has 0 saturated heterocycles. The first-order chi connectivity index (χ1) is 15.4. The number of carbonyl (C=O) groups is 1. The Labute approximate surface area is 189 Å². The van der Waals surface area contributed by atoms with E-state index in [9.17, 15) is 9.18 Å². The van der Waals surface area contributed by atoms with E-state index in [-0.39, 0.29) is 28.7 Å². The monoisotopic (exact) mass is 454 g/mol. The minimum absolute atomic E-state index is 0.0482. The van der Waals surface area contributed by atoms with Gasteiger partial charge >= 0.3 is 0 Å². The highest BCUT2D eigenvalue weighted by Crippen LogP contribution is 2.40. The largest absolute Gasteiger partial charge is 0.493 e. The Bertz CT molecular complexity index is 1210. The van der Waals surface area contributed by atoms with Gasteiger partial charge in [0.25, 0.3) is 0 Å². The molecule has 1 heterocycles. The molecule has 4 rings (SSSR count). The summed E-state index contributed by atoms with van der Waals surface area (Å²) in [7, 11) is 3.10. The predicted octanol–water partition coefficient (Wildman–Crippen LogP) is 6.00. The first kappa shape index (κ1) is 21.7. The molecule has 3 aromatic rings. The summed E-state index contributed by atoms with van der Waals surface area (Å²) >= 11 is 6.07. The lowest BCUT2D eigenvalue weighted by molar-refractivity contribution is 0.101. The fraction of sp³-hybridized carbons (Fsp3) is 0.160. The highest BCUT2D eigenvalue weighted by Gasteiger charge is 2.30. The van der Waals surface area contributed by atoms with Crippen molar-refractivity contribution in [1.29, 1.82) is 0 Å². The maximum absolute atomic E-state index is 14.0. The molecule has 0 bridgehead atoms. The van der Waals surface area contributed by atoms with Crippen molar-refractivity contribution in [2.75, 3.05) is 14.2 Å². The molecule has 164 valence electrons. The summed E-state index contributed by atoms with van der Waals surface area (Å²) in [5.41, 5.74) is 2.06. The molecule has 0 amide bonds. The summed E-state index contributed by atoms with van der Waals surface area (Å²) in [6, 6.07) is 13.1. The van der Waals surface area contributed by atoms with E-state index in [1.54, 1.807) is 63.6 Å². The van der Waals surface area contributed by atoms with Gasteiger partial charge in [0.2, 0.25) is 5.78 Å². The number of rotatable bonds is 6. The second-order valence-electron chi connectivity index (χ2n) is 7.11. The van der Waals surface area contributed by atoms with Crippen LogP contribution in [0.4, 0.5) is 4.39 Å². The van der Waals surface area contributed by atoms with E-state index in [1.165, 1.54) is 12.1 Å². The standard InChI is InChI=1S/C25H20ClFO5/c1-14-20(31-13-17-18(26)5-4-6-19(17)27)10-8-16-24(28)23(32-25(14)16)12-15-7-9-21(29-2)22(11-15)30-3/h4-12H,13H2,1-3H3/b23-12-. The molecule has 0 spiro atoms. The minimum atomic E-state index is -0.442. The summed E-state index contributed by atoms with van der Waals surface area (Å²) in [5.74, 6) is 1.53. The van der Waals surface area contributed by atoms with Gasteiger partial charge in [-0.3, -0.25) is 4.79 Å². The fourth-order valence-electron chi connectivity index (χ4n) is 3.44. The summed E-state index contributed by atoms with van der Waals surface area (Å²) < 4.78 is 36.3. The van der Waals surface area contributed by atoms with Crippen LogP contribution in [-0.4, -0.2) is 20.0 Å². The van der Waals surface area contributed by atoms with Gasteiger partial charge in [0.15, 0.2) is 17.3 Å². The van der Waals surface area contributed by atoms with Crippen molar-refractivity contribution in [3.05, 3.63) is 87.4 Å². The Morgan fingerprint density at radius 2 is 1.78 bits per heavy atom. The van der Waals surface area contributed by atoms with Crippen molar-refractivity contribution in [3.8, 4) is 23.0 Å². The zero-order valence-corrected chi connectivity index (χ0v) is 18.5. The normalized spacial score (nSPS) is 13.7. The summed E-state index contributed by atoms with van der Waals surface area (Å²) in [6.07, 6.45) is 1.64. The average Bonchev–Trinajstić information content (AvgIpc) is 3.10. The number of halogens is 2. The molecule has 5 nitrogen and oxygen atoms in total. The maximum atomic E-state index is 14.0. The van der Waals surface area contributed by atoms with Gasteiger partial charge in [-0.2, -0.15) is 0 Å². The van der Waals surface area contributed by atoms with E-state index in [0.717, 1.165) is 5.56 Å². The van der Waals surface area contributed by atoms with E-state index in [0.29, 0.717) is 34.1 Å². The second-order valence-corrected chi connectivity index (χ2v) is 7.52. The number of hydrogen-bond donors (Lipinski definition) is 0.